The van der Waals surface area contributed by atoms with Gasteiger partial charge in [0, 0.05) is 30.6 Å². The van der Waals surface area contributed by atoms with Gasteiger partial charge in [-0.15, -0.1) is 0 Å². The predicted molar refractivity (Wildman–Crippen MR) is 116 cm³/mol. The third kappa shape index (κ3) is 4.49. The van der Waals surface area contributed by atoms with Crippen LogP contribution in [0.3, 0.4) is 0 Å². The van der Waals surface area contributed by atoms with Gasteiger partial charge in [-0.3, -0.25) is 0 Å². The van der Waals surface area contributed by atoms with Gasteiger partial charge in [0.25, 0.3) is 0 Å². The number of halogens is 2. The van der Waals surface area contributed by atoms with E-state index in [4.69, 9.17) is 4.74 Å². The first-order chi connectivity index (χ1) is 15.5. The van der Waals surface area contributed by atoms with Crippen molar-refractivity contribution in [2.75, 3.05) is 32.1 Å². The number of nitrogens with zero attached hydrogens (tertiary/aromatic N) is 2. The summed E-state index contributed by atoms with van der Waals surface area (Å²) in [6, 6.07) is 11.4. The van der Waals surface area contributed by atoms with Crippen LogP contribution in [0.1, 0.15) is 22.9 Å². The molecule has 0 saturated heterocycles. The number of fused-ring (bicyclic) bond motifs is 3. The van der Waals surface area contributed by atoms with Crippen LogP contribution in [0.5, 0.6) is 0 Å². The molecule has 0 fully saturated rings. The van der Waals surface area contributed by atoms with E-state index in [-0.39, 0.29) is 32.3 Å². The second-order valence-corrected chi connectivity index (χ2v) is 7.61. The van der Waals surface area contributed by atoms with Crippen LogP contribution in [0.25, 0.3) is 10.8 Å². The smallest absolute Gasteiger partial charge is 0.407 e. The van der Waals surface area contributed by atoms with Gasteiger partial charge in [-0.1, -0.05) is 30.3 Å². The normalized spacial score (nSPS) is 15.4. The first-order valence-corrected chi connectivity index (χ1v) is 10.3. The number of pyridine rings is 1. The first kappa shape index (κ1) is 21.9. The highest BCUT2D eigenvalue weighted by Crippen LogP contribution is 2.35. The van der Waals surface area contributed by atoms with Crippen molar-refractivity contribution in [2.45, 2.75) is 19.2 Å². The highest BCUT2D eigenvalue weighted by molar-refractivity contribution is 5.95. The van der Waals surface area contributed by atoms with Crippen LogP contribution >= 0.6 is 0 Å². The Morgan fingerprint density at radius 1 is 1.22 bits per heavy atom. The number of hydrogen-bond donors (Lipinski definition) is 3. The maximum Gasteiger partial charge on any atom is 0.407 e. The standard InChI is InChI=1S/C23H24F2N4O3/c1-26-19-12-32-13-20-21(19)15-9-17(24)18(25)10-16(15)22(28-20)27-7-8-29(23(30)31)11-14-5-3-2-4-6-14/h2-6,9-10,19,26H,7-8,11-13H2,1H3,(H,27,28)(H,30,31). The molecule has 0 bridgehead atoms. The zero-order chi connectivity index (χ0) is 22.7. The fraction of sp³-hybridized carbons (Fsp3) is 0.304. The Labute approximate surface area is 184 Å². The van der Waals surface area contributed by atoms with E-state index in [0.29, 0.717) is 28.9 Å². The van der Waals surface area contributed by atoms with E-state index in [1.54, 1.807) is 7.05 Å². The van der Waals surface area contributed by atoms with Crippen LogP contribution in [0.4, 0.5) is 19.4 Å². The topological polar surface area (TPSA) is 86.7 Å². The van der Waals surface area contributed by atoms with E-state index < -0.39 is 17.7 Å². The molecule has 2 heterocycles. The van der Waals surface area contributed by atoms with Crippen molar-refractivity contribution in [3.8, 4) is 0 Å². The van der Waals surface area contributed by atoms with Crippen LogP contribution in [0.2, 0.25) is 0 Å². The van der Waals surface area contributed by atoms with E-state index in [1.807, 2.05) is 30.3 Å². The van der Waals surface area contributed by atoms with Crippen LogP contribution < -0.4 is 10.6 Å². The molecule has 0 radical (unpaired) electrons. The fourth-order valence-corrected chi connectivity index (χ4v) is 3.95. The number of hydrogen-bond acceptors (Lipinski definition) is 5. The summed E-state index contributed by atoms with van der Waals surface area (Å²) in [4.78, 5) is 17.6. The van der Waals surface area contributed by atoms with Gasteiger partial charge in [-0.05, 0) is 30.1 Å². The Hall–Kier alpha value is -3.30. The average Bonchev–Trinajstić information content (AvgIpc) is 2.79. The van der Waals surface area contributed by atoms with Crippen LogP contribution in [0.15, 0.2) is 42.5 Å². The maximum absolute atomic E-state index is 14.1. The van der Waals surface area contributed by atoms with Crippen molar-refractivity contribution in [1.82, 2.24) is 15.2 Å². The van der Waals surface area contributed by atoms with E-state index >= 15 is 0 Å². The first-order valence-electron chi connectivity index (χ1n) is 10.3. The number of benzene rings is 2. The molecule has 0 saturated carbocycles. The minimum absolute atomic E-state index is 0.184. The molecule has 3 aromatic rings. The van der Waals surface area contributed by atoms with Crippen LogP contribution in [0, 0.1) is 11.6 Å². The molecule has 32 heavy (non-hydrogen) atoms. The van der Waals surface area contributed by atoms with Gasteiger partial charge < -0.3 is 25.4 Å². The monoisotopic (exact) mass is 442 g/mol. The lowest BCUT2D eigenvalue weighted by Crippen LogP contribution is -2.33. The molecule has 9 heteroatoms. The minimum atomic E-state index is -1.04. The van der Waals surface area contributed by atoms with Crippen molar-refractivity contribution in [3.05, 3.63) is 70.9 Å². The van der Waals surface area contributed by atoms with Gasteiger partial charge in [0.1, 0.15) is 5.82 Å². The van der Waals surface area contributed by atoms with E-state index in [0.717, 1.165) is 17.2 Å². The molecule has 1 aromatic heterocycles. The van der Waals surface area contributed by atoms with Crippen molar-refractivity contribution in [1.29, 1.82) is 0 Å². The SMILES string of the molecule is CNC1COCc2nc(NCCN(Cc3ccccc3)C(=O)O)c3cc(F)c(F)cc3c21. The molecule has 168 valence electrons. The number of anilines is 1. The molecule has 0 spiro atoms. The zero-order valence-electron chi connectivity index (χ0n) is 17.6. The summed E-state index contributed by atoms with van der Waals surface area (Å²) >= 11 is 0. The summed E-state index contributed by atoms with van der Waals surface area (Å²) in [5.41, 5.74) is 2.30. The summed E-state index contributed by atoms with van der Waals surface area (Å²) < 4.78 is 33.8. The summed E-state index contributed by atoms with van der Waals surface area (Å²) in [5, 5.41) is 16.8. The highest BCUT2D eigenvalue weighted by Gasteiger charge is 2.26. The lowest BCUT2D eigenvalue weighted by atomic mass is 9.96. The molecule has 2 aromatic carbocycles. The Kier molecular flexibility index (Phi) is 6.48. The molecule has 1 aliphatic heterocycles. The second kappa shape index (κ2) is 9.46. The van der Waals surface area contributed by atoms with Gasteiger partial charge in [-0.25, -0.2) is 18.6 Å². The van der Waals surface area contributed by atoms with Crippen LogP contribution in [-0.4, -0.2) is 47.8 Å². The molecule has 3 N–H and O–H groups in total. The molecule has 4 rings (SSSR count). The van der Waals surface area contributed by atoms with E-state index in [9.17, 15) is 18.7 Å². The predicted octanol–water partition coefficient (Wildman–Crippen LogP) is 3.90. The molecule has 1 atom stereocenters. The molecule has 1 amide bonds. The van der Waals surface area contributed by atoms with Gasteiger partial charge in [-0.2, -0.15) is 0 Å². The van der Waals surface area contributed by atoms with Crippen molar-refractivity contribution >= 4 is 22.7 Å². The molecule has 1 unspecified atom stereocenters. The van der Waals surface area contributed by atoms with Gasteiger partial charge in [0.2, 0.25) is 0 Å². The number of carboxylic acid groups (broad SMARTS) is 1. The lowest BCUT2D eigenvalue weighted by Gasteiger charge is -2.27. The number of ether oxygens (including phenoxy) is 1. The average molecular weight is 442 g/mol. The number of rotatable bonds is 7. The molecule has 1 aliphatic rings. The third-order valence-corrected chi connectivity index (χ3v) is 5.54. The summed E-state index contributed by atoms with van der Waals surface area (Å²) in [7, 11) is 1.77. The van der Waals surface area contributed by atoms with E-state index in [2.05, 4.69) is 15.6 Å². The molecule has 7 nitrogen and oxygen atoms in total. The minimum Gasteiger partial charge on any atom is -0.465 e. The van der Waals surface area contributed by atoms with Gasteiger partial charge in [0.15, 0.2) is 11.6 Å². The van der Waals surface area contributed by atoms with Crippen molar-refractivity contribution < 1.29 is 23.4 Å². The van der Waals surface area contributed by atoms with Crippen molar-refractivity contribution in [3.63, 3.8) is 0 Å². The van der Waals surface area contributed by atoms with Gasteiger partial charge >= 0.3 is 6.09 Å². The van der Waals surface area contributed by atoms with E-state index in [1.165, 1.54) is 11.0 Å². The van der Waals surface area contributed by atoms with Crippen LogP contribution in [-0.2, 0) is 17.9 Å². The quantitative estimate of drug-likeness (QED) is 0.515. The Morgan fingerprint density at radius 2 is 1.94 bits per heavy atom. The number of aromatic nitrogens is 1. The highest BCUT2D eigenvalue weighted by atomic mass is 19.2. The zero-order valence-corrected chi connectivity index (χ0v) is 17.6. The Balaban J connectivity index is 1.60. The molecule has 0 aliphatic carbocycles. The lowest BCUT2D eigenvalue weighted by molar-refractivity contribution is 0.0821. The maximum atomic E-state index is 14.1. The largest absolute Gasteiger partial charge is 0.465 e. The Bertz CT molecular complexity index is 1130. The molecular formula is C23H24F2N4O3. The number of carbonyl (C=O) groups is 1. The Morgan fingerprint density at radius 3 is 2.62 bits per heavy atom. The third-order valence-electron chi connectivity index (χ3n) is 5.54. The summed E-state index contributed by atoms with van der Waals surface area (Å²) in [6.45, 7) is 1.33. The summed E-state index contributed by atoms with van der Waals surface area (Å²) in [6.07, 6.45) is -1.04. The van der Waals surface area contributed by atoms with Gasteiger partial charge in [0.05, 0.1) is 24.9 Å². The number of likely N-dealkylation sites (N-methyl/N-ethyl adjacent to an activating group) is 1. The molecular weight excluding hydrogens is 418 g/mol. The number of amides is 1. The summed E-state index contributed by atoms with van der Waals surface area (Å²) in [5.74, 6) is -1.53. The van der Waals surface area contributed by atoms with Crippen molar-refractivity contribution in [2.24, 2.45) is 0 Å². The fourth-order valence-electron chi connectivity index (χ4n) is 3.95. The number of nitrogens with one attached hydrogen (secondary N) is 2. The second-order valence-electron chi connectivity index (χ2n) is 7.61.